The van der Waals surface area contributed by atoms with Crippen LogP contribution in [0.1, 0.15) is 6.42 Å². The Morgan fingerprint density at radius 2 is 2.21 bits per heavy atom. The highest BCUT2D eigenvalue weighted by molar-refractivity contribution is 5.87. The minimum Gasteiger partial charge on any atom is -0.489 e. The molecule has 1 aromatic carbocycles. The van der Waals surface area contributed by atoms with Gasteiger partial charge in [-0.25, -0.2) is 0 Å². The number of hydrogen-bond acceptors (Lipinski definition) is 6. The lowest BCUT2D eigenvalue weighted by molar-refractivity contribution is 0.0472. The summed E-state index contributed by atoms with van der Waals surface area (Å²) in [7, 11) is 0. The van der Waals surface area contributed by atoms with Gasteiger partial charge in [0.2, 0.25) is 0 Å². The van der Waals surface area contributed by atoms with Gasteiger partial charge in [0.15, 0.2) is 6.10 Å². The molecule has 0 saturated carbocycles. The maximum Gasteiger partial charge on any atom is 0.166 e. The lowest BCUT2D eigenvalue weighted by Crippen LogP contribution is -2.20. The van der Waals surface area contributed by atoms with Crippen molar-refractivity contribution in [1.82, 2.24) is 9.78 Å². The smallest absolute Gasteiger partial charge is 0.166 e. The van der Waals surface area contributed by atoms with Gasteiger partial charge in [0.1, 0.15) is 12.4 Å². The van der Waals surface area contributed by atoms with Crippen molar-refractivity contribution >= 4 is 18.1 Å². The molecule has 2 aromatic rings. The first-order chi connectivity index (χ1) is 11.3. The number of aromatic nitrogens is 2. The number of hydrogen-bond donors (Lipinski definition) is 2. The minimum absolute atomic E-state index is 0. The molecule has 0 bridgehead atoms. The third kappa shape index (κ3) is 4.25. The Balaban J connectivity index is 0.00000208. The quantitative estimate of drug-likeness (QED) is 0.786. The van der Waals surface area contributed by atoms with E-state index < -0.39 is 0 Å². The van der Waals surface area contributed by atoms with Gasteiger partial charge in [-0.15, -0.1) is 12.4 Å². The van der Waals surface area contributed by atoms with Crippen molar-refractivity contribution in [2.45, 2.75) is 19.1 Å². The van der Waals surface area contributed by atoms with Gasteiger partial charge in [-0.2, -0.15) is 5.10 Å². The number of nitrogens with zero attached hydrogens (tertiary/aromatic N) is 3. The molecular weight excluding hydrogens is 332 g/mol. The monoisotopic (exact) mass is 352 g/mol. The topological polar surface area (TPSA) is 94.9 Å². The number of benzene rings is 1. The molecule has 1 aliphatic heterocycles. The van der Waals surface area contributed by atoms with E-state index >= 15 is 0 Å². The number of ether oxygens (including phenoxy) is 1. The fourth-order valence-corrected chi connectivity index (χ4v) is 2.44. The average Bonchev–Trinajstić information content (AvgIpc) is 3.23. The normalized spacial score (nSPS) is 16.2. The SMILES string of the molecule is Cl.NCC1=NOC(COc2ccccc2-c2cnn(CCO)c2)C1. The van der Waals surface area contributed by atoms with Crippen LogP contribution in [-0.2, 0) is 11.4 Å². The molecule has 1 aromatic heterocycles. The summed E-state index contributed by atoms with van der Waals surface area (Å²) in [4.78, 5) is 5.30. The number of aliphatic hydroxyl groups is 1. The summed E-state index contributed by atoms with van der Waals surface area (Å²) in [5, 5.41) is 17.1. The van der Waals surface area contributed by atoms with Crippen molar-refractivity contribution in [2.24, 2.45) is 10.9 Å². The molecule has 0 radical (unpaired) electrons. The summed E-state index contributed by atoms with van der Waals surface area (Å²) >= 11 is 0. The fourth-order valence-electron chi connectivity index (χ4n) is 2.44. The van der Waals surface area contributed by atoms with Gasteiger partial charge in [-0.05, 0) is 6.07 Å². The third-order valence-electron chi connectivity index (χ3n) is 3.61. The largest absolute Gasteiger partial charge is 0.489 e. The minimum atomic E-state index is -0.0984. The molecule has 130 valence electrons. The zero-order valence-electron chi connectivity index (χ0n) is 13.2. The molecule has 0 spiro atoms. The molecular formula is C16H21ClN4O3. The van der Waals surface area contributed by atoms with Crippen molar-refractivity contribution < 1.29 is 14.7 Å². The van der Waals surface area contributed by atoms with Crippen LogP contribution in [0.2, 0.25) is 0 Å². The van der Waals surface area contributed by atoms with E-state index in [-0.39, 0.29) is 25.1 Å². The van der Waals surface area contributed by atoms with Crippen LogP contribution in [0, 0.1) is 0 Å². The molecule has 1 unspecified atom stereocenters. The molecule has 0 fully saturated rings. The van der Waals surface area contributed by atoms with Crippen LogP contribution >= 0.6 is 12.4 Å². The van der Waals surface area contributed by atoms with E-state index in [4.69, 9.17) is 20.4 Å². The van der Waals surface area contributed by atoms with Crippen LogP contribution in [0.25, 0.3) is 11.1 Å². The molecule has 1 atom stereocenters. The predicted molar refractivity (Wildman–Crippen MR) is 93.5 cm³/mol. The average molecular weight is 353 g/mol. The standard InChI is InChI=1S/C16H20N4O3.ClH/c17-8-13-7-14(23-19-13)11-22-16-4-2-1-3-15(16)12-9-18-20(10-12)5-6-21;/h1-4,9-10,14,21H,5-8,11,17H2;1H. The Hall–Kier alpha value is -2.09. The van der Waals surface area contributed by atoms with Gasteiger partial charge in [0, 0.05) is 30.3 Å². The van der Waals surface area contributed by atoms with E-state index in [1.165, 1.54) is 0 Å². The number of rotatable bonds is 7. The van der Waals surface area contributed by atoms with Crippen molar-refractivity contribution in [3.05, 3.63) is 36.7 Å². The molecule has 0 amide bonds. The number of para-hydroxylation sites is 1. The summed E-state index contributed by atoms with van der Waals surface area (Å²) in [6, 6.07) is 7.77. The molecule has 3 N–H and O–H groups in total. The highest BCUT2D eigenvalue weighted by Crippen LogP contribution is 2.30. The first-order valence-corrected chi connectivity index (χ1v) is 7.57. The lowest BCUT2D eigenvalue weighted by Gasteiger charge is -2.13. The fraction of sp³-hybridized carbons (Fsp3) is 0.375. The first-order valence-electron chi connectivity index (χ1n) is 7.57. The number of nitrogens with two attached hydrogens (primary N) is 1. The summed E-state index contributed by atoms with van der Waals surface area (Å²) in [6.45, 7) is 1.35. The van der Waals surface area contributed by atoms with Gasteiger partial charge in [-0.3, -0.25) is 4.68 Å². The van der Waals surface area contributed by atoms with Crippen LogP contribution in [0.5, 0.6) is 5.75 Å². The molecule has 3 rings (SSSR count). The molecule has 8 heteroatoms. The number of halogens is 1. The Morgan fingerprint density at radius 3 is 2.96 bits per heavy atom. The predicted octanol–water partition coefficient (Wildman–Crippen LogP) is 1.45. The van der Waals surface area contributed by atoms with Gasteiger partial charge < -0.3 is 20.4 Å². The second-order valence-corrected chi connectivity index (χ2v) is 5.32. The second-order valence-electron chi connectivity index (χ2n) is 5.32. The van der Waals surface area contributed by atoms with E-state index in [2.05, 4.69) is 10.3 Å². The zero-order valence-corrected chi connectivity index (χ0v) is 14.0. The van der Waals surface area contributed by atoms with Crippen molar-refractivity contribution in [3.63, 3.8) is 0 Å². The Labute approximate surface area is 146 Å². The van der Waals surface area contributed by atoms with E-state index in [1.807, 2.05) is 30.5 Å². The highest BCUT2D eigenvalue weighted by Gasteiger charge is 2.21. The maximum absolute atomic E-state index is 8.98. The number of aliphatic hydroxyl groups excluding tert-OH is 1. The van der Waals surface area contributed by atoms with Crippen molar-refractivity contribution in [2.75, 3.05) is 19.8 Å². The summed E-state index contributed by atoms with van der Waals surface area (Å²) < 4.78 is 7.61. The highest BCUT2D eigenvalue weighted by atomic mass is 35.5. The molecule has 1 aliphatic rings. The molecule has 0 saturated heterocycles. The van der Waals surface area contributed by atoms with E-state index in [1.54, 1.807) is 10.9 Å². The Morgan fingerprint density at radius 1 is 1.38 bits per heavy atom. The van der Waals surface area contributed by atoms with E-state index in [9.17, 15) is 0 Å². The van der Waals surface area contributed by atoms with Crippen LogP contribution in [0.4, 0.5) is 0 Å². The van der Waals surface area contributed by atoms with E-state index in [0.29, 0.717) is 26.1 Å². The van der Waals surface area contributed by atoms with Crippen molar-refractivity contribution in [3.8, 4) is 16.9 Å². The lowest BCUT2D eigenvalue weighted by atomic mass is 10.1. The third-order valence-corrected chi connectivity index (χ3v) is 3.61. The van der Waals surface area contributed by atoms with Gasteiger partial charge in [0.25, 0.3) is 0 Å². The molecule has 24 heavy (non-hydrogen) atoms. The second kappa shape index (κ2) is 8.68. The molecule has 7 nitrogen and oxygen atoms in total. The van der Waals surface area contributed by atoms with E-state index in [0.717, 1.165) is 22.6 Å². The summed E-state index contributed by atoms with van der Waals surface area (Å²) in [6.07, 6.45) is 4.26. The molecule has 2 heterocycles. The van der Waals surface area contributed by atoms with Gasteiger partial charge >= 0.3 is 0 Å². The molecule has 0 aliphatic carbocycles. The van der Waals surface area contributed by atoms with Gasteiger partial charge in [-0.1, -0.05) is 23.4 Å². The summed E-state index contributed by atoms with van der Waals surface area (Å²) in [5.41, 5.74) is 8.31. The van der Waals surface area contributed by atoms with Crippen LogP contribution in [0.15, 0.2) is 41.8 Å². The maximum atomic E-state index is 8.98. The van der Waals surface area contributed by atoms with Crippen molar-refractivity contribution in [1.29, 1.82) is 0 Å². The van der Waals surface area contributed by atoms with Gasteiger partial charge in [0.05, 0.1) is 25.1 Å². The van der Waals surface area contributed by atoms with Crippen LogP contribution in [-0.4, -0.2) is 46.5 Å². The summed E-state index contributed by atoms with van der Waals surface area (Å²) in [5.74, 6) is 0.765. The van der Waals surface area contributed by atoms with Crippen LogP contribution in [0.3, 0.4) is 0 Å². The Bertz CT molecular complexity index is 689. The Kier molecular flexibility index (Phi) is 6.60. The zero-order chi connectivity index (χ0) is 16.1. The first kappa shape index (κ1) is 18.3. The number of oxime groups is 1. The van der Waals surface area contributed by atoms with Crippen LogP contribution < -0.4 is 10.5 Å².